The number of halogens is 1. The predicted molar refractivity (Wildman–Crippen MR) is 94.2 cm³/mol. The van der Waals surface area contributed by atoms with Gasteiger partial charge in [0.2, 0.25) is 10.0 Å². The highest BCUT2D eigenvalue weighted by molar-refractivity contribution is 14.1. The average molecular weight is 417 g/mol. The molecule has 3 N–H and O–H groups in total. The number of anilines is 3. The molecule has 0 heterocycles. The number of hydrogen-bond acceptors (Lipinski definition) is 4. The molecule has 0 aliphatic heterocycles. The maximum atomic E-state index is 12.2. The van der Waals surface area contributed by atoms with E-state index in [9.17, 15) is 8.42 Å². The fourth-order valence-electron chi connectivity index (χ4n) is 1.78. The van der Waals surface area contributed by atoms with E-state index in [2.05, 4.69) is 27.9 Å². The maximum Gasteiger partial charge on any atom is 0.244 e. The van der Waals surface area contributed by atoms with Gasteiger partial charge in [-0.2, -0.15) is 0 Å². The standard InChI is InChI=1S/C14H16IN3O2S/c1-18(2)21(19,20)13-9-5-8-12(14(13)16)17-11-7-4-3-6-10(11)15/h3-9,17H,16H2,1-2H3. The number of nitrogens with two attached hydrogens (primary N) is 1. The van der Waals surface area contributed by atoms with Gasteiger partial charge in [0.05, 0.1) is 17.1 Å². The lowest BCUT2D eigenvalue weighted by Crippen LogP contribution is -2.23. The van der Waals surface area contributed by atoms with Crippen LogP contribution in [0.1, 0.15) is 0 Å². The molecular weight excluding hydrogens is 401 g/mol. The summed E-state index contributed by atoms with van der Waals surface area (Å²) >= 11 is 2.20. The number of nitrogens with one attached hydrogen (secondary N) is 1. The second-order valence-electron chi connectivity index (χ2n) is 4.61. The van der Waals surface area contributed by atoms with Crippen molar-refractivity contribution in [2.45, 2.75) is 4.90 Å². The zero-order chi connectivity index (χ0) is 15.6. The summed E-state index contributed by atoms with van der Waals surface area (Å²) in [6.07, 6.45) is 0. The molecule has 0 aromatic heterocycles. The molecule has 0 unspecified atom stereocenters. The lowest BCUT2D eigenvalue weighted by atomic mass is 10.2. The van der Waals surface area contributed by atoms with Crippen molar-refractivity contribution < 1.29 is 8.42 Å². The van der Waals surface area contributed by atoms with Crippen LogP contribution in [0.4, 0.5) is 17.1 Å². The number of hydrogen-bond donors (Lipinski definition) is 2. The lowest BCUT2D eigenvalue weighted by Gasteiger charge is -2.17. The van der Waals surface area contributed by atoms with Gasteiger partial charge >= 0.3 is 0 Å². The van der Waals surface area contributed by atoms with Crippen LogP contribution >= 0.6 is 22.6 Å². The van der Waals surface area contributed by atoms with Crippen LogP contribution in [0.2, 0.25) is 0 Å². The zero-order valence-corrected chi connectivity index (χ0v) is 14.6. The Labute approximate surface area is 138 Å². The van der Waals surface area contributed by atoms with Crippen LogP contribution in [0.3, 0.4) is 0 Å². The van der Waals surface area contributed by atoms with E-state index < -0.39 is 10.0 Å². The van der Waals surface area contributed by atoms with Gasteiger partial charge in [-0.3, -0.25) is 0 Å². The van der Waals surface area contributed by atoms with Crippen LogP contribution in [-0.2, 0) is 10.0 Å². The molecule has 0 aliphatic rings. The number of rotatable bonds is 4. The lowest BCUT2D eigenvalue weighted by molar-refractivity contribution is 0.521. The van der Waals surface area contributed by atoms with Gasteiger partial charge in [0.1, 0.15) is 4.90 Å². The molecule has 5 nitrogen and oxygen atoms in total. The van der Waals surface area contributed by atoms with Gasteiger partial charge in [0.25, 0.3) is 0 Å². The van der Waals surface area contributed by atoms with Crippen molar-refractivity contribution in [2.24, 2.45) is 0 Å². The third kappa shape index (κ3) is 3.30. The van der Waals surface area contributed by atoms with Crippen LogP contribution in [0.25, 0.3) is 0 Å². The Morgan fingerprint density at radius 2 is 1.67 bits per heavy atom. The molecule has 2 aromatic carbocycles. The highest BCUT2D eigenvalue weighted by Crippen LogP contribution is 2.31. The van der Waals surface area contributed by atoms with E-state index in [1.54, 1.807) is 12.1 Å². The summed E-state index contributed by atoms with van der Waals surface area (Å²) < 4.78 is 26.7. The van der Waals surface area contributed by atoms with Gasteiger partial charge < -0.3 is 11.1 Å². The minimum absolute atomic E-state index is 0.100. The van der Waals surface area contributed by atoms with Gasteiger partial charge in [-0.25, -0.2) is 12.7 Å². The molecule has 0 atom stereocenters. The number of nitrogens with zero attached hydrogens (tertiary/aromatic N) is 1. The van der Waals surface area contributed by atoms with E-state index in [1.807, 2.05) is 24.3 Å². The molecule has 0 aliphatic carbocycles. The quantitative estimate of drug-likeness (QED) is 0.593. The van der Waals surface area contributed by atoms with Gasteiger partial charge in [0.15, 0.2) is 0 Å². The number of nitrogen functional groups attached to an aromatic ring is 1. The van der Waals surface area contributed by atoms with Gasteiger partial charge in [-0.1, -0.05) is 18.2 Å². The first-order valence-corrected chi connectivity index (χ1v) is 8.68. The Morgan fingerprint density at radius 3 is 2.29 bits per heavy atom. The maximum absolute atomic E-state index is 12.2. The first-order valence-electron chi connectivity index (χ1n) is 6.16. The van der Waals surface area contributed by atoms with E-state index in [4.69, 9.17) is 5.73 Å². The topological polar surface area (TPSA) is 75.4 Å². The van der Waals surface area contributed by atoms with Crippen LogP contribution in [0, 0.1) is 3.57 Å². The summed E-state index contributed by atoms with van der Waals surface area (Å²) in [6, 6.07) is 12.6. The number of benzene rings is 2. The Balaban J connectivity index is 2.47. The van der Waals surface area contributed by atoms with Crippen LogP contribution in [0.5, 0.6) is 0 Å². The third-order valence-corrected chi connectivity index (χ3v) is 5.78. The Morgan fingerprint density at radius 1 is 1.05 bits per heavy atom. The van der Waals surface area contributed by atoms with Crippen molar-refractivity contribution in [2.75, 3.05) is 25.1 Å². The van der Waals surface area contributed by atoms with Gasteiger partial charge in [-0.05, 0) is 46.9 Å². The molecule has 7 heteroatoms. The van der Waals surface area contributed by atoms with E-state index >= 15 is 0 Å². The summed E-state index contributed by atoms with van der Waals surface area (Å²) in [4.78, 5) is 0.100. The molecule has 0 fully saturated rings. The van der Waals surface area contributed by atoms with Crippen molar-refractivity contribution in [1.82, 2.24) is 4.31 Å². The second kappa shape index (κ2) is 6.20. The predicted octanol–water partition coefficient (Wildman–Crippen LogP) is 2.87. The van der Waals surface area contributed by atoms with Gasteiger partial charge in [-0.15, -0.1) is 0 Å². The minimum Gasteiger partial charge on any atom is -0.396 e. The first kappa shape index (κ1) is 16.1. The summed E-state index contributed by atoms with van der Waals surface area (Å²) in [7, 11) is -0.604. The van der Waals surface area contributed by atoms with Crippen molar-refractivity contribution >= 4 is 49.7 Å². The smallest absolute Gasteiger partial charge is 0.244 e. The monoisotopic (exact) mass is 417 g/mol. The molecule has 0 saturated carbocycles. The van der Waals surface area contributed by atoms with Crippen LogP contribution in [-0.4, -0.2) is 26.8 Å². The second-order valence-corrected chi connectivity index (χ2v) is 7.89. The molecule has 0 bridgehead atoms. The van der Waals surface area contributed by atoms with Crippen molar-refractivity contribution in [1.29, 1.82) is 0 Å². The van der Waals surface area contributed by atoms with E-state index in [0.29, 0.717) is 5.69 Å². The van der Waals surface area contributed by atoms with Crippen LogP contribution < -0.4 is 11.1 Å². The Hall–Kier alpha value is -1.32. The van der Waals surface area contributed by atoms with Crippen molar-refractivity contribution in [3.8, 4) is 0 Å². The SMILES string of the molecule is CN(C)S(=O)(=O)c1cccc(Nc2ccccc2I)c1N. The normalized spacial score (nSPS) is 11.6. The fraction of sp³-hybridized carbons (Fsp3) is 0.143. The third-order valence-electron chi connectivity index (χ3n) is 2.97. The van der Waals surface area contributed by atoms with Crippen molar-refractivity contribution in [3.63, 3.8) is 0 Å². The Kier molecular flexibility index (Phi) is 4.74. The molecule has 2 aromatic rings. The molecule has 0 radical (unpaired) electrons. The molecule has 0 saturated heterocycles. The molecule has 21 heavy (non-hydrogen) atoms. The highest BCUT2D eigenvalue weighted by atomic mass is 127. The number of para-hydroxylation sites is 2. The van der Waals surface area contributed by atoms with E-state index in [-0.39, 0.29) is 10.6 Å². The first-order chi connectivity index (χ1) is 9.84. The van der Waals surface area contributed by atoms with E-state index in [0.717, 1.165) is 13.6 Å². The summed E-state index contributed by atoms with van der Waals surface area (Å²) in [5, 5.41) is 3.18. The average Bonchev–Trinajstić information content (AvgIpc) is 2.43. The zero-order valence-electron chi connectivity index (χ0n) is 11.7. The highest BCUT2D eigenvalue weighted by Gasteiger charge is 2.21. The molecule has 0 spiro atoms. The summed E-state index contributed by atoms with van der Waals surface area (Å²) in [6.45, 7) is 0. The van der Waals surface area contributed by atoms with Crippen molar-refractivity contribution in [3.05, 3.63) is 46.0 Å². The minimum atomic E-state index is -3.57. The fourth-order valence-corrected chi connectivity index (χ4v) is 3.34. The van der Waals surface area contributed by atoms with E-state index in [1.165, 1.54) is 20.2 Å². The molecule has 2 rings (SSSR count). The van der Waals surface area contributed by atoms with Gasteiger partial charge in [0, 0.05) is 17.7 Å². The summed E-state index contributed by atoms with van der Waals surface area (Å²) in [5.41, 5.74) is 7.70. The Bertz CT molecular complexity index is 761. The molecule has 112 valence electrons. The largest absolute Gasteiger partial charge is 0.396 e. The van der Waals surface area contributed by atoms with Crippen LogP contribution in [0.15, 0.2) is 47.4 Å². The number of sulfonamides is 1. The molecular formula is C14H16IN3O2S. The molecule has 0 amide bonds. The summed E-state index contributed by atoms with van der Waals surface area (Å²) in [5.74, 6) is 0.